The number of hydrogen-bond donors (Lipinski definition) is 2. The molecule has 1 fully saturated rings. The van der Waals surface area contributed by atoms with Gasteiger partial charge in [0.15, 0.2) is 6.10 Å². The number of aliphatic carboxylic acids is 1. The zero-order valence-corrected chi connectivity index (χ0v) is 15.5. The fourth-order valence-corrected chi connectivity index (χ4v) is 3.42. The smallest absolute Gasteiger partial charge is 0.377 e. The Morgan fingerprint density at radius 3 is 2.44 bits per heavy atom. The first-order chi connectivity index (χ1) is 12.7. The zero-order valence-electron chi connectivity index (χ0n) is 15.5. The third-order valence-corrected chi connectivity index (χ3v) is 4.81. The summed E-state index contributed by atoms with van der Waals surface area (Å²) < 4.78 is 40.1. The first-order valence-corrected chi connectivity index (χ1v) is 8.87. The van der Waals surface area contributed by atoms with E-state index in [1.165, 1.54) is 6.92 Å². The van der Waals surface area contributed by atoms with E-state index in [4.69, 9.17) is 14.6 Å². The molecule has 1 aliphatic rings. The lowest BCUT2D eigenvalue weighted by molar-refractivity contribution is -0.242. The van der Waals surface area contributed by atoms with E-state index < -0.39 is 42.2 Å². The fourth-order valence-electron chi connectivity index (χ4n) is 3.42. The summed E-state index contributed by atoms with van der Waals surface area (Å²) >= 11 is 0. The number of ether oxygens (including phenoxy) is 2. The van der Waals surface area contributed by atoms with E-state index in [-0.39, 0.29) is 12.5 Å². The predicted octanol–water partition coefficient (Wildman–Crippen LogP) is 2.61. The minimum Gasteiger partial charge on any atom is -0.477 e. The van der Waals surface area contributed by atoms with Gasteiger partial charge in [0.2, 0.25) is 5.91 Å². The molecule has 0 aromatic heterocycles. The molecule has 6 nitrogen and oxygen atoms in total. The average molecular weight is 385 g/mol. The molecule has 0 radical (unpaired) electrons. The largest absolute Gasteiger partial charge is 0.477 e. The van der Waals surface area contributed by atoms with Crippen molar-refractivity contribution in [2.24, 2.45) is 5.92 Å². The van der Waals surface area contributed by atoms with Gasteiger partial charge in [-0.3, -0.25) is 4.79 Å². The van der Waals surface area contributed by atoms with Crippen LogP contribution in [0.2, 0.25) is 0 Å². The molecule has 0 saturated carbocycles. The van der Waals surface area contributed by atoms with Crippen molar-refractivity contribution < 1.29 is 33.0 Å². The van der Waals surface area contributed by atoms with Crippen LogP contribution in [0.15, 0.2) is 30.3 Å². The number of alkyl halides is 2. The molecular formula is C19H25F2NO5. The van der Waals surface area contributed by atoms with Gasteiger partial charge in [-0.05, 0) is 12.0 Å². The molecular weight excluding hydrogens is 360 g/mol. The molecule has 1 amide bonds. The fraction of sp³-hybridized carbons (Fsp3) is 0.579. The third kappa shape index (κ3) is 4.81. The van der Waals surface area contributed by atoms with E-state index in [1.807, 2.05) is 30.3 Å². The molecule has 1 aromatic rings. The average Bonchev–Trinajstić information content (AvgIpc) is 2.61. The molecule has 0 unspecified atom stereocenters. The van der Waals surface area contributed by atoms with Crippen LogP contribution in [0.4, 0.5) is 8.78 Å². The Balaban J connectivity index is 2.34. The molecule has 2 rings (SSSR count). The van der Waals surface area contributed by atoms with Gasteiger partial charge in [0.05, 0.1) is 24.9 Å². The summed E-state index contributed by atoms with van der Waals surface area (Å²) in [5.74, 6) is -7.36. The third-order valence-electron chi connectivity index (χ3n) is 4.81. The van der Waals surface area contributed by atoms with Crippen molar-refractivity contribution in [2.75, 3.05) is 0 Å². The monoisotopic (exact) mass is 385 g/mol. The highest BCUT2D eigenvalue weighted by Crippen LogP contribution is 2.37. The highest BCUT2D eigenvalue weighted by Gasteiger charge is 2.59. The number of carboxylic acid groups (broad SMARTS) is 1. The maximum Gasteiger partial charge on any atom is 0.377 e. The minimum absolute atomic E-state index is 0.147. The van der Waals surface area contributed by atoms with Gasteiger partial charge in [-0.25, -0.2) is 4.79 Å². The summed E-state index contributed by atoms with van der Waals surface area (Å²) in [6.07, 6.45) is -3.07. The number of amides is 1. The van der Waals surface area contributed by atoms with Crippen molar-refractivity contribution in [3.05, 3.63) is 35.9 Å². The van der Waals surface area contributed by atoms with Crippen molar-refractivity contribution in [3.8, 4) is 0 Å². The number of hydrogen-bond acceptors (Lipinski definition) is 4. The molecule has 8 heteroatoms. The lowest BCUT2D eigenvalue weighted by Gasteiger charge is -2.47. The number of rotatable bonds is 7. The molecule has 5 atom stereocenters. The topological polar surface area (TPSA) is 84.9 Å². The van der Waals surface area contributed by atoms with Crippen LogP contribution in [-0.4, -0.2) is 47.3 Å². The van der Waals surface area contributed by atoms with Gasteiger partial charge < -0.3 is 19.9 Å². The molecule has 1 aromatic carbocycles. The first-order valence-electron chi connectivity index (χ1n) is 8.87. The van der Waals surface area contributed by atoms with Crippen LogP contribution >= 0.6 is 0 Å². The van der Waals surface area contributed by atoms with Crippen molar-refractivity contribution in [3.63, 3.8) is 0 Å². The van der Waals surface area contributed by atoms with Gasteiger partial charge in [0, 0.05) is 12.8 Å². The Kier molecular flexibility index (Phi) is 6.89. The summed E-state index contributed by atoms with van der Waals surface area (Å²) in [6.45, 7) is 4.88. The second kappa shape index (κ2) is 8.75. The lowest BCUT2D eigenvalue weighted by Crippen LogP contribution is -2.67. The Hall–Kier alpha value is -2.06. The molecule has 1 aliphatic heterocycles. The predicted molar refractivity (Wildman–Crippen MR) is 93.3 cm³/mol. The van der Waals surface area contributed by atoms with Crippen LogP contribution in [0.1, 0.15) is 32.8 Å². The van der Waals surface area contributed by atoms with Crippen LogP contribution in [0.3, 0.4) is 0 Å². The lowest BCUT2D eigenvalue weighted by atomic mass is 9.83. The summed E-state index contributed by atoms with van der Waals surface area (Å²) in [6, 6.07) is 7.87. The molecule has 2 N–H and O–H groups in total. The maximum atomic E-state index is 14.4. The molecule has 27 heavy (non-hydrogen) atoms. The van der Waals surface area contributed by atoms with Crippen molar-refractivity contribution in [1.29, 1.82) is 0 Å². The molecule has 0 bridgehead atoms. The SMILES string of the molecule is CC[C@H]1O[C@H](C(F)(F)C(=O)O)[C@H](NC(C)=O)[C@@H](OCc2ccccc2)[C@H]1C. The van der Waals surface area contributed by atoms with Gasteiger partial charge in [0.25, 0.3) is 0 Å². The quantitative estimate of drug-likeness (QED) is 0.754. The van der Waals surface area contributed by atoms with Gasteiger partial charge in [-0.15, -0.1) is 0 Å². The minimum atomic E-state index is -4.17. The van der Waals surface area contributed by atoms with E-state index >= 15 is 0 Å². The second-order valence-corrected chi connectivity index (χ2v) is 6.78. The number of nitrogens with one attached hydrogen (secondary N) is 1. The van der Waals surface area contributed by atoms with E-state index in [9.17, 15) is 18.4 Å². The van der Waals surface area contributed by atoms with Crippen LogP contribution < -0.4 is 5.32 Å². The standard InChI is InChI=1S/C19H25F2NO5/c1-4-14-11(2)16(26-10-13-8-6-5-7-9-13)15(22-12(3)23)17(27-14)19(20,21)18(24)25/h5-9,11,14-17H,4,10H2,1-3H3,(H,22,23)(H,24,25)/t11-,14+,15+,16-,17-/m0/s1. The molecule has 0 spiro atoms. The molecule has 150 valence electrons. The maximum absolute atomic E-state index is 14.4. The van der Waals surface area contributed by atoms with Crippen LogP contribution in [0.25, 0.3) is 0 Å². The Bertz CT molecular complexity index is 655. The molecule has 0 aliphatic carbocycles. The number of benzene rings is 1. The number of halogens is 2. The van der Waals surface area contributed by atoms with Gasteiger partial charge >= 0.3 is 11.9 Å². The number of carbonyl (C=O) groups excluding carboxylic acids is 1. The van der Waals surface area contributed by atoms with Crippen LogP contribution in [0, 0.1) is 5.92 Å². The van der Waals surface area contributed by atoms with E-state index in [0.29, 0.717) is 6.42 Å². The highest BCUT2D eigenvalue weighted by molar-refractivity contribution is 5.77. The zero-order chi connectivity index (χ0) is 20.2. The van der Waals surface area contributed by atoms with E-state index in [0.717, 1.165) is 5.56 Å². The summed E-state index contributed by atoms with van der Waals surface area (Å²) in [5.41, 5.74) is 0.840. The Labute approximate surface area is 156 Å². The Morgan fingerprint density at radius 2 is 1.93 bits per heavy atom. The van der Waals surface area contributed by atoms with Crippen LogP contribution in [0.5, 0.6) is 0 Å². The first kappa shape index (κ1) is 21.2. The summed E-state index contributed by atoms with van der Waals surface area (Å²) in [5, 5.41) is 11.4. The van der Waals surface area contributed by atoms with E-state index in [1.54, 1.807) is 13.8 Å². The highest BCUT2D eigenvalue weighted by atomic mass is 19.3. The normalized spacial score (nSPS) is 28.6. The van der Waals surface area contributed by atoms with Crippen LogP contribution in [-0.2, 0) is 25.7 Å². The van der Waals surface area contributed by atoms with Crippen molar-refractivity contribution >= 4 is 11.9 Å². The second-order valence-electron chi connectivity index (χ2n) is 6.78. The molecule has 1 heterocycles. The van der Waals surface area contributed by atoms with Crippen molar-refractivity contribution in [2.45, 2.75) is 64.1 Å². The van der Waals surface area contributed by atoms with Crippen molar-refractivity contribution in [1.82, 2.24) is 5.32 Å². The van der Waals surface area contributed by atoms with Gasteiger partial charge in [0.1, 0.15) is 0 Å². The number of carbonyl (C=O) groups is 2. The molecule has 1 saturated heterocycles. The Morgan fingerprint density at radius 1 is 1.30 bits per heavy atom. The van der Waals surface area contributed by atoms with Gasteiger partial charge in [-0.1, -0.05) is 44.2 Å². The van der Waals surface area contributed by atoms with Gasteiger partial charge in [-0.2, -0.15) is 8.78 Å². The summed E-state index contributed by atoms with van der Waals surface area (Å²) in [4.78, 5) is 22.7. The number of carboxylic acids is 1. The van der Waals surface area contributed by atoms with E-state index in [2.05, 4.69) is 5.32 Å². The summed E-state index contributed by atoms with van der Waals surface area (Å²) in [7, 11) is 0.